The van der Waals surface area contributed by atoms with Gasteiger partial charge < -0.3 is 5.32 Å². The molecule has 0 unspecified atom stereocenters. The molecule has 2 rings (SSSR count). The number of benzene rings is 2. The fourth-order valence-corrected chi connectivity index (χ4v) is 1.75. The van der Waals surface area contributed by atoms with Crippen LogP contribution in [0.5, 0.6) is 0 Å². The summed E-state index contributed by atoms with van der Waals surface area (Å²) in [6.07, 6.45) is 0. The van der Waals surface area contributed by atoms with Crippen molar-refractivity contribution in [2.75, 3.05) is 5.32 Å². The van der Waals surface area contributed by atoms with E-state index >= 15 is 0 Å². The first kappa shape index (κ1) is 13.7. The molecule has 0 radical (unpaired) electrons. The largest absolute Gasteiger partial charge is 0.322 e. The highest BCUT2D eigenvalue weighted by molar-refractivity contribution is 6.07. The molecule has 0 saturated carbocycles. The molecule has 0 spiro atoms. The monoisotopic (exact) mass is 274 g/mol. The maximum atomic E-state index is 13.2. The lowest BCUT2D eigenvalue weighted by Crippen LogP contribution is -2.15. The van der Waals surface area contributed by atoms with Crippen LogP contribution in [0.3, 0.4) is 0 Å². The lowest BCUT2D eigenvalue weighted by molar-refractivity contribution is -0.385. The van der Waals surface area contributed by atoms with Crippen LogP contribution in [0.1, 0.15) is 15.9 Å². The Labute approximate surface area is 114 Å². The number of nitro benzene ring substituents is 1. The molecular weight excluding hydrogens is 263 g/mol. The molecule has 0 fully saturated rings. The molecule has 0 saturated heterocycles. The summed E-state index contributed by atoms with van der Waals surface area (Å²) in [5, 5.41) is 13.4. The lowest BCUT2D eigenvalue weighted by atomic mass is 10.1. The number of para-hydroxylation sites is 1. The number of nitrogens with zero attached hydrogens (tertiary/aromatic N) is 1. The highest BCUT2D eigenvalue weighted by Crippen LogP contribution is 2.22. The van der Waals surface area contributed by atoms with E-state index in [1.54, 1.807) is 31.2 Å². The van der Waals surface area contributed by atoms with Crippen LogP contribution in [0.2, 0.25) is 0 Å². The Balaban J connectivity index is 2.37. The molecular formula is C14H11FN2O3. The number of carbonyl (C=O) groups excluding carboxylic acids is 1. The molecule has 0 heterocycles. The van der Waals surface area contributed by atoms with Gasteiger partial charge in [-0.05, 0) is 30.7 Å². The third kappa shape index (κ3) is 2.80. The zero-order valence-corrected chi connectivity index (χ0v) is 10.6. The van der Waals surface area contributed by atoms with Crippen molar-refractivity contribution in [2.45, 2.75) is 6.92 Å². The minimum Gasteiger partial charge on any atom is -0.322 e. The van der Waals surface area contributed by atoms with E-state index in [0.29, 0.717) is 5.69 Å². The van der Waals surface area contributed by atoms with Crippen LogP contribution in [-0.2, 0) is 0 Å². The second-order valence-corrected chi connectivity index (χ2v) is 4.19. The second-order valence-electron chi connectivity index (χ2n) is 4.19. The number of hydrogen-bond donors (Lipinski definition) is 1. The molecule has 0 aliphatic heterocycles. The number of halogens is 1. The molecule has 2 aromatic carbocycles. The van der Waals surface area contributed by atoms with Crippen molar-refractivity contribution in [3.8, 4) is 0 Å². The summed E-state index contributed by atoms with van der Waals surface area (Å²) in [6, 6.07) is 9.75. The van der Waals surface area contributed by atoms with Crippen molar-refractivity contribution < 1.29 is 14.1 Å². The van der Waals surface area contributed by atoms with Gasteiger partial charge in [0.05, 0.1) is 4.92 Å². The predicted molar refractivity (Wildman–Crippen MR) is 72.2 cm³/mol. The van der Waals surface area contributed by atoms with Crippen molar-refractivity contribution in [3.63, 3.8) is 0 Å². The molecule has 1 amide bonds. The zero-order chi connectivity index (χ0) is 14.7. The first-order valence-electron chi connectivity index (χ1n) is 5.80. The highest BCUT2D eigenvalue weighted by Gasteiger charge is 2.21. The average molecular weight is 274 g/mol. The van der Waals surface area contributed by atoms with E-state index in [-0.39, 0.29) is 5.56 Å². The summed E-state index contributed by atoms with van der Waals surface area (Å²) >= 11 is 0. The van der Waals surface area contributed by atoms with Crippen molar-refractivity contribution in [3.05, 3.63) is 69.5 Å². The summed E-state index contributed by atoms with van der Waals surface area (Å²) < 4.78 is 13.2. The van der Waals surface area contributed by atoms with Gasteiger partial charge in [0.2, 0.25) is 0 Å². The minimum absolute atomic E-state index is 0.307. The predicted octanol–water partition coefficient (Wildman–Crippen LogP) is 3.29. The van der Waals surface area contributed by atoms with Crippen molar-refractivity contribution in [1.29, 1.82) is 0 Å². The number of nitro groups is 1. The van der Waals surface area contributed by atoms with E-state index in [4.69, 9.17) is 0 Å². The smallest absolute Gasteiger partial charge is 0.282 e. The van der Waals surface area contributed by atoms with Gasteiger partial charge in [0.1, 0.15) is 11.4 Å². The second kappa shape index (κ2) is 5.48. The molecule has 2 aromatic rings. The highest BCUT2D eigenvalue weighted by atomic mass is 19.1. The summed E-state index contributed by atoms with van der Waals surface area (Å²) in [7, 11) is 0. The van der Waals surface area contributed by atoms with Gasteiger partial charge in [-0.3, -0.25) is 14.9 Å². The van der Waals surface area contributed by atoms with Crippen molar-refractivity contribution in [2.24, 2.45) is 0 Å². The van der Waals surface area contributed by atoms with Gasteiger partial charge in [-0.15, -0.1) is 0 Å². The summed E-state index contributed by atoms with van der Waals surface area (Å²) in [5.41, 5.74) is 0.590. The summed E-state index contributed by atoms with van der Waals surface area (Å²) in [4.78, 5) is 22.2. The Hall–Kier alpha value is -2.76. The van der Waals surface area contributed by atoms with E-state index in [2.05, 4.69) is 5.32 Å². The van der Waals surface area contributed by atoms with Crippen molar-refractivity contribution in [1.82, 2.24) is 0 Å². The quantitative estimate of drug-likeness (QED) is 0.689. The topological polar surface area (TPSA) is 72.2 Å². The van der Waals surface area contributed by atoms with Crippen LogP contribution in [-0.4, -0.2) is 10.8 Å². The van der Waals surface area contributed by atoms with Crippen LogP contribution in [0, 0.1) is 22.9 Å². The number of hydrogen-bond acceptors (Lipinski definition) is 3. The number of amides is 1. The Morgan fingerprint density at radius 2 is 1.95 bits per heavy atom. The Bertz CT molecular complexity index is 686. The SMILES string of the molecule is Cc1ccccc1NC(=O)c1cc(F)ccc1[N+](=O)[O-]. The fourth-order valence-electron chi connectivity index (χ4n) is 1.75. The van der Waals surface area contributed by atoms with Crippen molar-refractivity contribution >= 4 is 17.3 Å². The lowest BCUT2D eigenvalue weighted by Gasteiger charge is -2.08. The first-order chi connectivity index (χ1) is 9.49. The normalized spacial score (nSPS) is 10.1. The van der Waals surface area contributed by atoms with E-state index in [0.717, 1.165) is 23.8 Å². The molecule has 20 heavy (non-hydrogen) atoms. The Morgan fingerprint density at radius 3 is 2.60 bits per heavy atom. The number of aryl methyl sites for hydroxylation is 1. The van der Waals surface area contributed by atoms with E-state index in [1.165, 1.54) is 0 Å². The number of nitrogens with one attached hydrogen (secondary N) is 1. The Morgan fingerprint density at radius 1 is 1.25 bits per heavy atom. The van der Waals surface area contributed by atoms with Crippen LogP contribution in [0.25, 0.3) is 0 Å². The van der Waals surface area contributed by atoms with Crippen LogP contribution >= 0.6 is 0 Å². The van der Waals surface area contributed by atoms with Gasteiger partial charge in [-0.25, -0.2) is 4.39 Å². The summed E-state index contributed by atoms with van der Waals surface area (Å²) in [5.74, 6) is -1.42. The van der Waals surface area contributed by atoms with Gasteiger partial charge in [-0.1, -0.05) is 18.2 Å². The fraction of sp³-hybridized carbons (Fsp3) is 0.0714. The van der Waals surface area contributed by atoms with E-state index in [1.807, 2.05) is 0 Å². The van der Waals surface area contributed by atoms with Crippen LogP contribution in [0.15, 0.2) is 42.5 Å². The molecule has 0 aliphatic carbocycles. The molecule has 0 bridgehead atoms. The summed E-state index contributed by atoms with van der Waals surface area (Å²) in [6.45, 7) is 1.79. The zero-order valence-electron chi connectivity index (χ0n) is 10.6. The molecule has 102 valence electrons. The van der Waals surface area contributed by atoms with Gasteiger partial charge in [-0.2, -0.15) is 0 Å². The molecule has 5 nitrogen and oxygen atoms in total. The van der Waals surface area contributed by atoms with Crippen LogP contribution in [0.4, 0.5) is 15.8 Å². The molecule has 6 heteroatoms. The van der Waals surface area contributed by atoms with Gasteiger partial charge in [0.15, 0.2) is 0 Å². The third-order valence-electron chi connectivity index (χ3n) is 2.79. The van der Waals surface area contributed by atoms with E-state index in [9.17, 15) is 19.3 Å². The maximum absolute atomic E-state index is 13.2. The third-order valence-corrected chi connectivity index (χ3v) is 2.79. The average Bonchev–Trinajstić information content (AvgIpc) is 2.40. The van der Waals surface area contributed by atoms with Crippen LogP contribution < -0.4 is 5.32 Å². The first-order valence-corrected chi connectivity index (χ1v) is 5.80. The Kier molecular flexibility index (Phi) is 3.74. The van der Waals surface area contributed by atoms with E-state index < -0.39 is 22.3 Å². The molecule has 0 aliphatic rings. The number of rotatable bonds is 3. The van der Waals surface area contributed by atoms with Gasteiger partial charge in [0.25, 0.3) is 11.6 Å². The molecule has 1 N–H and O–H groups in total. The van der Waals surface area contributed by atoms with Gasteiger partial charge in [0, 0.05) is 11.8 Å². The van der Waals surface area contributed by atoms with Gasteiger partial charge >= 0.3 is 0 Å². The minimum atomic E-state index is -0.717. The standard InChI is InChI=1S/C14H11FN2O3/c1-9-4-2-3-5-12(9)16-14(18)11-8-10(15)6-7-13(11)17(19)20/h2-8H,1H3,(H,16,18). The number of carbonyl (C=O) groups is 1. The molecule has 0 atom stereocenters. The number of anilines is 1. The maximum Gasteiger partial charge on any atom is 0.282 e. The molecule has 0 aromatic heterocycles.